The molecule has 172 valence electrons. The van der Waals surface area contributed by atoms with Gasteiger partial charge in [0.15, 0.2) is 0 Å². The summed E-state index contributed by atoms with van der Waals surface area (Å²) in [4.78, 5) is 31.5. The zero-order valence-corrected chi connectivity index (χ0v) is 19.1. The number of aromatic nitrogens is 4. The molecule has 0 aliphatic carbocycles. The maximum atomic E-state index is 15.5. The number of fused-ring (bicyclic) bond motifs is 2. The van der Waals surface area contributed by atoms with Crippen molar-refractivity contribution in [2.45, 2.75) is 13.8 Å². The molecule has 6 heterocycles. The van der Waals surface area contributed by atoms with Gasteiger partial charge < -0.3 is 9.80 Å². The first-order valence-corrected chi connectivity index (χ1v) is 11.6. The van der Waals surface area contributed by atoms with Crippen molar-refractivity contribution in [2.24, 2.45) is 11.8 Å². The van der Waals surface area contributed by atoms with Gasteiger partial charge in [0.25, 0.3) is 5.91 Å². The summed E-state index contributed by atoms with van der Waals surface area (Å²) in [5.74, 6) is 0.838. The van der Waals surface area contributed by atoms with Gasteiger partial charge in [0.05, 0.1) is 22.3 Å². The lowest BCUT2D eigenvalue weighted by molar-refractivity contribution is 0.0785. The molecule has 4 aromatic rings. The lowest BCUT2D eigenvalue weighted by atomic mass is 10.0. The number of carbonyl (C=O) groups is 1. The molecule has 0 saturated carbocycles. The maximum absolute atomic E-state index is 15.5. The van der Waals surface area contributed by atoms with Crippen LogP contribution in [0.3, 0.4) is 0 Å². The highest BCUT2D eigenvalue weighted by Crippen LogP contribution is 2.37. The monoisotopic (exact) mass is 456 g/mol. The first-order chi connectivity index (χ1) is 16.5. The largest absolute Gasteiger partial charge is 0.340 e. The zero-order valence-electron chi connectivity index (χ0n) is 19.1. The molecule has 8 heteroatoms. The first kappa shape index (κ1) is 20.8. The summed E-state index contributed by atoms with van der Waals surface area (Å²) in [7, 11) is 0. The fourth-order valence-electron chi connectivity index (χ4n) is 5.46. The van der Waals surface area contributed by atoms with E-state index in [1.807, 2.05) is 36.9 Å². The summed E-state index contributed by atoms with van der Waals surface area (Å²) in [6, 6.07) is 12.7. The minimum absolute atomic E-state index is 0.142. The summed E-state index contributed by atoms with van der Waals surface area (Å²) in [5, 5.41) is 0. The van der Waals surface area contributed by atoms with E-state index in [-0.39, 0.29) is 11.5 Å². The number of carbonyl (C=O) groups excluding carboxylic acids is 1. The summed E-state index contributed by atoms with van der Waals surface area (Å²) in [6.45, 7) is 6.87. The molecule has 2 aliphatic heterocycles. The molecule has 7 nitrogen and oxygen atoms in total. The fourth-order valence-corrected chi connectivity index (χ4v) is 5.46. The number of nitrogens with zero attached hydrogens (tertiary/aromatic N) is 6. The van der Waals surface area contributed by atoms with Crippen LogP contribution < -0.4 is 4.90 Å². The molecule has 0 bridgehead atoms. The molecule has 2 fully saturated rings. The van der Waals surface area contributed by atoms with Crippen LogP contribution in [0.1, 0.15) is 21.7 Å². The van der Waals surface area contributed by atoms with Crippen molar-refractivity contribution < 1.29 is 9.18 Å². The molecular weight excluding hydrogens is 431 g/mol. The number of hydrogen-bond donors (Lipinski definition) is 0. The standard InChI is InChI=1S/C26H25FN6O/c1-16-11-17(2)30-26(29-16)32-14-18-12-31(13-19(18)15-32)25(34)23-21-8-4-6-10-33(21)24(27)22(23)20-7-3-5-9-28-20/h3-11,18-19H,12-15H2,1-2H3/t18-,19+. The first-order valence-electron chi connectivity index (χ1n) is 11.6. The van der Waals surface area contributed by atoms with Gasteiger partial charge in [0.1, 0.15) is 0 Å². The van der Waals surface area contributed by atoms with E-state index in [9.17, 15) is 4.79 Å². The van der Waals surface area contributed by atoms with E-state index in [2.05, 4.69) is 19.9 Å². The Hall–Kier alpha value is -3.81. The van der Waals surface area contributed by atoms with E-state index in [1.54, 1.807) is 36.7 Å². The van der Waals surface area contributed by atoms with E-state index in [0.717, 1.165) is 30.4 Å². The van der Waals surface area contributed by atoms with Crippen LogP contribution in [-0.2, 0) is 0 Å². The molecule has 6 rings (SSSR count). The van der Waals surface area contributed by atoms with E-state index in [4.69, 9.17) is 0 Å². The summed E-state index contributed by atoms with van der Waals surface area (Å²) >= 11 is 0. The van der Waals surface area contributed by atoms with Crippen molar-refractivity contribution in [1.82, 2.24) is 24.3 Å². The Balaban J connectivity index is 1.30. The van der Waals surface area contributed by atoms with Crippen LogP contribution >= 0.6 is 0 Å². The molecule has 0 radical (unpaired) electrons. The Kier molecular flexibility index (Phi) is 4.83. The number of anilines is 1. The van der Waals surface area contributed by atoms with Gasteiger partial charge in [-0.1, -0.05) is 12.1 Å². The van der Waals surface area contributed by atoms with E-state index in [1.165, 1.54) is 4.40 Å². The topological polar surface area (TPSA) is 66.6 Å². The molecule has 4 aromatic heterocycles. The third-order valence-electron chi connectivity index (χ3n) is 6.95. The molecule has 34 heavy (non-hydrogen) atoms. The minimum atomic E-state index is -0.463. The van der Waals surface area contributed by atoms with E-state index >= 15 is 4.39 Å². The number of aryl methyl sites for hydroxylation is 2. The van der Waals surface area contributed by atoms with Crippen LogP contribution in [0.2, 0.25) is 0 Å². The highest BCUT2D eigenvalue weighted by atomic mass is 19.1. The van der Waals surface area contributed by atoms with Crippen LogP contribution in [0.25, 0.3) is 16.8 Å². The molecule has 0 N–H and O–H groups in total. The predicted octanol–water partition coefficient (Wildman–Crippen LogP) is 3.76. The van der Waals surface area contributed by atoms with Crippen molar-refractivity contribution in [3.8, 4) is 11.3 Å². The van der Waals surface area contributed by atoms with Gasteiger partial charge in [0.2, 0.25) is 11.9 Å². The zero-order chi connectivity index (χ0) is 23.4. The van der Waals surface area contributed by atoms with Crippen molar-refractivity contribution in [1.29, 1.82) is 0 Å². The van der Waals surface area contributed by atoms with Gasteiger partial charge in [-0.15, -0.1) is 0 Å². The fraction of sp³-hybridized carbons (Fsp3) is 0.308. The second-order valence-electron chi connectivity index (χ2n) is 9.30. The Morgan fingerprint density at radius 2 is 1.68 bits per heavy atom. The smallest absolute Gasteiger partial charge is 0.256 e. The predicted molar refractivity (Wildman–Crippen MR) is 127 cm³/mol. The van der Waals surface area contributed by atoms with Gasteiger partial charge in [-0.05, 0) is 44.2 Å². The molecule has 2 aliphatic rings. The number of pyridine rings is 2. The van der Waals surface area contributed by atoms with E-state index in [0.29, 0.717) is 41.7 Å². The molecular formula is C26H25FN6O. The summed E-state index contributed by atoms with van der Waals surface area (Å²) in [5.41, 5.74) is 3.59. The normalized spacial score (nSPS) is 19.7. The molecule has 1 amide bonds. The van der Waals surface area contributed by atoms with Crippen molar-refractivity contribution in [3.05, 3.63) is 77.8 Å². The number of rotatable bonds is 3. The van der Waals surface area contributed by atoms with Crippen molar-refractivity contribution in [3.63, 3.8) is 0 Å². The molecule has 2 atom stereocenters. The summed E-state index contributed by atoms with van der Waals surface area (Å²) < 4.78 is 16.9. The van der Waals surface area contributed by atoms with Crippen molar-refractivity contribution in [2.75, 3.05) is 31.1 Å². The molecule has 0 spiro atoms. The van der Waals surface area contributed by atoms with Crippen LogP contribution in [0.4, 0.5) is 10.3 Å². The highest BCUT2D eigenvalue weighted by molar-refractivity contribution is 6.07. The third kappa shape index (κ3) is 3.32. The second kappa shape index (κ2) is 7.90. The Labute approximate surface area is 196 Å². The quantitative estimate of drug-likeness (QED) is 0.470. The van der Waals surface area contributed by atoms with E-state index < -0.39 is 5.95 Å². The molecule has 0 aromatic carbocycles. The van der Waals surface area contributed by atoms with Crippen LogP contribution in [0, 0.1) is 31.6 Å². The van der Waals surface area contributed by atoms with Gasteiger partial charge in [-0.2, -0.15) is 4.39 Å². The lowest BCUT2D eigenvalue weighted by Crippen LogP contribution is -2.34. The van der Waals surface area contributed by atoms with Gasteiger partial charge in [0, 0.05) is 61.8 Å². The maximum Gasteiger partial charge on any atom is 0.256 e. The van der Waals surface area contributed by atoms with Gasteiger partial charge in [-0.25, -0.2) is 9.97 Å². The molecule has 2 saturated heterocycles. The average Bonchev–Trinajstić information content (AvgIpc) is 3.49. The summed E-state index contributed by atoms with van der Waals surface area (Å²) in [6.07, 6.45) is 3.27. The van der Waals surface area contributed by atoms with Crippen LogP contribution in [-0.4, -0.2) is 56.3 Å². The third-order valence-corrected chi connectivity index (χ3v) is 6.95. The second-order valence-corrected chi connectivity index (χ2v) is 9.30. The number of amides is 1. The number of halogens is 1. The highest BCUT2D eigenvalue weighted by Gasteiger charge is 2.43. The van der Waals surface area contributed by atoms with Crippen LogP contribution in [0.15, 0.2) is 54.9 Å². The lowest BCUT2D eigenvalue weighted by Gasteiger charge is -2.22. The average molecular weight is 457 g/mol. The number of likely N-dealkylation sites (tertiary alicyclic amines) is 1. The molecule has 0 unspecified atom stereocenters. The SMILES string of the molecule is Cc1cc(C)nc(N2C[C@H]3CN(C(=O)c4c(-c5ccccn5)c(F)n5ccccc45)C[C@H]3C2)n1. The van der Waals surface area contributed by atoms with Crippen LogP contribution in [0.5, 0.6) is 0 Å². The Morgan fingerprint density at radius 1 is 0.971 bits per heavy atom. The Morgan fingerprint density at radius 3 is 2.35 bits per heavy atom. The van der Waals surface area contributed by atoms with Gasteiger partial charge >= 0.3 is 0 Å². The van der Waals surface area contributed by atoms with Crippen molar-refractivity contribution >= 4 is 17.4 Å². The Bertz CT molecular complexity index is 1370. The number of hydrogen-bond acceptors (Lipinski definition) is 5. The minimum Gasteiger partial charge on any atom is -0.340 e. The van der Waals surface area contributed by atoms with Gasteiger partial charge in [-0.3, -0.25) is 14.2 Å².